The molecule has 2 aromatic carbocycles. The second-order valence-corrected chi connectivity index (χ2v) is 6.28. The number of benzene rings is 2. The monoisotopic (exact) mass is 276 g/mol. The van der Waals surface area contributed by atoms with E-state index in [1.165, 1.54) is 12.1 Å². The molecule has 1 heterocycles. The number of fused-ring (bicyclic) bond motifs is 1. The van der Waals surface area contributed by atoms with Gasteiger partial charge in [-0.15, -0.1) is 0 Å². The van der Waals surface area contributed by atoms with E-state index in [2.05, 4.69) is 0 Å². The molecule has 3 atom stereocenters. The number of aliphatic hydroxyl groups excluding tert-OH is 1. The Bertz CT molecular complexity index is 624. The number of halogens is 1. The van der Waals surface area contributed by atoms with Gasteiger partial charge in [-0.05, 0) is 35.7 Å². The van der Waals surface area contributed by atoms with Crippen molar-refractivity contribution in [1.29, 1.82) is 0 Å². The second kappa shape index (κ2) is 4.87. The van der Waals surface area contributed by atoms with Crippen LogP contribution in [0.2, 0.25) is 0 Å². The molecule has 0 fully saturated rings. The van der Waals surface area contributed by atoms with Crippen LogP contribution < -0.4 is 0 Å². The minimum atomic E-state index is -1.22. The van der Waals surface area contributed by atoms with Crippen molar-refractivity contribution in [2.75, 3.05) is 0 Å². The van der Waals surface area contributed by atoms with Gasteiger partial charge in [0.05, 0.1) is 22.2 Å². The summed E-state index contributed by atoms with van der Waals surface area (Å²) in [7, 11) is -1.22. The lowest BCUT2D eigenvalue weighted by Crippen LogP contribution is -2.21. The third kappa shape index (κ3) is 2.22. The van der Waals surface area contributed by atoms with Crippen molar-refractivity contribution in [2.45, 2.75) is 22.7 Å². The van der Waals surface area contributed by atoms with E-state index in [-0.39, 0.29) is 11.1 Å². The molecular formula is C15H13FO2S. The minimum absolute atomic E-state index is 0.341. The van der Waals surface area contributed by atoms with Gasteiger partial charge in [-0.3, -0.25) is 4.21 Å². The topological polar surface area (TPSA) is 37.3 Å². The van der Waals surface area contributed by atoms with E-state index < -0.39 is 16.9 Å². The van der Waals surface area contributed by atoms with Crippen molar-refractivity contribution in [3.63, 3.8) is 0 Å². The normalized spacial score (nSPS) is 23.1. The molecule has 0 aliphatic carbocycles. The summed E-state index contributed by atoms with van der Waals surface area (Å²) in [6.45, 7) is 0. The predicted molar refractivity (Wildman–Crippen MR) is 71.7 cm³/mol. The number of aliphatic hydroxyl groups is 1. The molecule has 3 rings (SSSR count). The fourth-order valence-corrected chi connectivity index (χ4v) is 4.10. The first-order chi connectivity index (χ1) is 9.16. The number of hydrogen-bond donors (Lipinski definition) is 1. The van der Waals surface area contributed by atoms with Crippen LogP contribution in [0.1, 0.15) is 17.2 Å². The first-order valence-corrected chi connectivity index (χ1v) is 7.30. The zero-order valence-electron chi connectivity index (χ0n) is 10.1. The third-order valence-corrected chi connectivity index (χ3v) is 5.26. The van der Waals surface area contributed by atoms with Gasteiger partial charge in [0, 0.05) is 4.90 Å². The van der Waals surface area contributed by atoms with Crippen LogP contribution in [-0.2, 0) is 17.2 Å². The van der Waals surface area contributed by atoms with Crippen LogP contribution >= 0.6 is 0 Å². The Kier molecular flexibility index (Phi) is 3.21. The highest BCUT2D eigenvalue weighted by atomic mass is 32.2. The molecule has 0 saturated carbocycles. The van der Waals surface area contributed by atoms with Crippen molar-refractivity contribution in [3.8, 4) is 0 Å². The first-order valence-electron chi connectivity index (χ1n) is 6.09. The Morgan fingerprint density at radius 2 is 1.84 bits per heavy atom. The lowest BCUT2D eigenvalue weighted by molar-refractivity contribution is 0.173. The Hall–Kier alpha value is -1.52. The molecule has 2 nitrogen and oxygen atoms in total. The van der Waals surface area contributed by atoms with Gasteiger partial charge in [0.25, 0.3) is 0 Å². The maximum atomic E-state index is 12.9. The summed E-state index contributed by atoms with van der Waals surface area (Å²) in [4.78, 5) is 0.800. The molecule has 0 spiro atoms. The Balaban J connectivity index is 1.89. The molecule has 0 amide bonds. The Morgan fingerprint density at radius 3 is 2.53 bits per heavy atom. The molecule has 4 heteroatoms. The molecule has 0 radical (unpaired) electrons. The van der Waals surface area contributed by atoms with Gasteiger partial charge in [0.15, 0.2) is 0 Å². The molecule has 19 heavy (non-hydrogen) atoms. The minimum Gasteiger partial charge on any atom is -0.387 e. The lowest BCUT2D eigenvalue weighted by Gasteiger charge is -2.17. The van der Waals surface area contributed by atoms with E-state index in [0.717, 1.165) is 10.5 Å². The van der Waals surface area contributed by atoms with Crippen molar-refractivity contribution in [1.82, 2.24) is 0 Å². The molecule has 2 aromatic rings. The van der Waals surface area contributed by atoms with Gasteiger partial charge in [-0.2, -0.15) is 0 Å². The summed E-state index contributed by atoms with van der Waals surface area (Å²) < 4.78 is 25.2. The zero-order chi connectivity index (χ0) is 13.4. The Morgan fingerprint density at radius 1 is 1.16 bits per heavy atom. The summed E-state index contributed by atoms with van der Waals surface area (Å²) in [5.41, 5.74) is 1.62. The molecule has 1 N–H and O–H groups in total. The smallest absolute Gasteiger partial charge is 0.123 e. The summed E-state index contributed by atoms with van der Waals surface area (Å²) >= 11 is 0. The van der Waals surface area contributed by atoms with E-state index in [9.17, 15) is 13.7 Å². The molecule has 1 aliphatic rings. The standard InChI is InChI=1S/C15H13FO2S/c16-12-7-5-10(6-8-12)15(17)14-9-11-3-1-2-4-13(11)19(14)18/h1-8,14-15,17H,9H2/t14-,15+,19?/m0/s1. The van der Waals surface area contributed by atoms with Gasteiger partial charge < -0.3 is 5.11 Å². The number of rotatable bonds is 2. The average molecular weight is 276 g/mol. The summed E-state index contributed by atoms with van der Waals surface area (Å²) in [5.74, 6) is -0.341. The summed E-state index contributed by atoms with van der Waals surface area (Å²) in [5, 5.41) is 9.98. The maximum absolute atomic E-state index is 12.9. The number of hydrogen-bond acceptors (Lipinski definition) is 2. The highest BCUT2D eigenvalue weighted by Gasteiger charge is 2.34. The molecule has 0 bridgehead atoms. The predicted octanol–water partition coefficient (Wildman–Crippen LogP) is 2.59. The first kappa shape index (κ1) is 12.5. The van der Waals surface area contributed by atoms with Gasteiger partial charge in [-0.25, -0.2) is 4.39 Å². The van der Waals surface area contributed by atoms with E-state index in [1.54, 1.807) is 12.1 Å². The van der Waals surface area contributed by atoms with Gasteiger partial charge in [0.1, 0.15) is 5.82 Å². The van der Waals surface area contributed by atoms with Crippen molar-refractivity contribution in [3.05, 3.63) is 65.5 Å². The lowest BCUT2D eigenvalue weighted by atomic mass is 10.0. The molecule has 0 saturated heterocycles. The highest BCUT2D eigenvalue weighted by Crippen LogP contribution is 2.34. The van der Waals surface area contributed by atoms with E-state index in [1.807, 2.05) is 24.3 Å². The van der Waals surface area contributed by atoms with Crippen LogP contribution in [0.3, 0.4) is 0 Å². The maximum Gasteiger partial charge on any atom is 0.123 e. The molecule has 98 valence electrons. The van der Waals surface area contributed by atoms with Crippen LogP contribution in [0.4, 0.5) is 4.39 Å². The quantitative estimate of drug-likeness (QED) is 0.915. The second-order valence-electron chi connectivity index (χ2n) is 4.64. The van der Waals surface area contributed by atoms with Gasteiger partial charge >= 0.3 is 0 Å². The molecular weight excluding hydrogens is 263 g/mol. The highest BCUT2D eigenvalue weighted by molar-refractivity contribution is 7.86. The van der Waals surface area contributed by atoms with E-state index in [0.29, 0.717) is 12.0 Å². The van der Waals surface area contributed by atoms with E-state index in [4.69, 9.17) is 0 Å². The van der Waals surface area contributed by atoms with E-state index >= 15 is 0 Å². The van der Waals surface area contributed by atoms with Crippen LogP contribution in [0, 0.1) is 5.82 Å². The zero-order valence-corrected chi connectivity index (χ0v) is 10.9. The largest absolute Gasteiger partial charge is 0.387 e. The fraction of sp³-hybridized carbons (Fsp3) is 0.200. The van der Waals surface area contributed by atoms with Crippen molar-refractivity contribution >= 4 is 10.8 Å². The van der Waals surface area contributed by atoms with Crippen LogP contribution in [0.5, 0.6) is 0 Å². The van der Waals surface area contributed by atoms with Gasteiger partial charge in [0.2, 0.25) is 0 Å². The summed E-state index contributed by atoms with van der Waals surface area (Å²) in [6.07, 6.45) is -0.254. The van der Waals surface area contributed by atoms with Gasteiger partial charge in [-0.1, -0.05) is 30.3 Å². The van der Waals surface area contributed by atoms with Crippen LogP contribution in [0.25, 0.3) is 0 Å². The third-order valence-electron chi connectivity index (χ3n) is 3.45. The van der Waals surface area contributed by atoms with Crippen molar-refractivity contribution in [2.24, 2.45) is 0 Å². The average Bonchev–Trinajstić information content (AvgIpc) is 2.77. The molecule has 0 aromatic heterocycles. The van der Waals surface area contributed by atoms with Crippen LogP contribution in [-0.4, -0.2) is 14.6 Å². The van der Waals surface area contributed by atoms with Crippen molar-refractivity contribution < 1.29 is 13.7 Å². The molecule has 1 unspecified atom stereocenters. The molecule has 1 aliphatic heterocycles. The SMILES string of the molecule is O=S1c2ccccc2C[C@H]1[C@H](O)c1ccc(F)cc1. The fourth-order valence-electron chi connectivity index (χ4n) is 2.43. The Labute approximate surface area is 113 Å². The van der Waals surface area contributed by atoms with Crippen LogP contribution in [0.15, 0.2) is 53.4 Å². The summed E-state index contributed by atoms with van der Waals surface area (Å²) in [6, 6.07) is 13.2.